The van der Waals surface area contributed by atoms with Crippen molar-refractivity contribution in [1.29, 1.82) is 0 Å². The van der Waals surface area contributed by atoms with Crippen molar-refractivity contribution in [2.45, 2.75) is 32.1 Å². The summed E-state index contributed by atoms with van der Waals surface area (Å²) < 4.78 is 10.6. The Morgan fingerprint density at radius 1 is 1.50 bits per heavy atom. The number of carbonyl (C=O) groups is 1. The average molecular weight is 225 g/mol. The Kier molecular flexibility index (Phi) is 3.24. The molecule has 1 saturated heterocycles. The second kappa shape index (κ2) is 4.65. The summed E-state index contributed by atoms with van der Waals surface area (Å²) in [6, 6.07) is 0. The van der Waals surface area contributed by atoms with Crippen LogP contribution in [0, 0.1) is 0 Å². The normalized spacial score (nSPS) is 17.6. The summed E-state index contributed by atoms with van der Waals surface area (Å²) in [5.74, 6) is -0.295. The van der Waals surface area contributed by atoms with Gasteiger partial charge in [0, 0.05) is 19.1 Å². The molecule has 0 amide bonds. The van der Waals surface area contributed by atoms with E-state index in [4.69, 9.17) is 14.3 Å². The molecule has 0 bridgehead atoms. The largest absolute Gasteiger partial charge is 0.475 e. The second-order valence-corrected chi connectivity index (χ2v) is 3.87. The molecule has 1 aliphatic heterocycles. The van der Waals surface area contributed by atoms with Crippen LogP contribution >= 0.6 is 0 Å². The Morgan fingerprint density at radius 2 is 2.19 bits per heavy atom. The van der Waals surface area contributed by atoms with Crippen LogP contribution < -0.4 is 0 Å². The van der Waals surface area contributed by atoms with E-state index >= 15 is 0 Å². The molecule has 0 aromatic carbocycles. The van der Waals surface area contributed by atoms with Crippen molar-refractivity contribution in [2.75, 3.05) is 13.2 Å². The third-order valence-electron chi connectivity index (χ3n) is 2.81. The van der Waals surface area contributed by atoms with Gasteiger partial charge in [0.05, 0.1) is 5.69 Å². The first-order chi connectivity index (χ1) is 7.72. The highest BCUT2D eigenvalue weighted by atomic mass is 16.5. The van der Waals surface area contributed by atoms with Crippen LogP contribution in [0.2, 0.25) is 0 Å². The lowest BCUT2D eigenvalue weighted by Crippen LogP contribution is -2.14. The van der Waals surface area contributed by atoms with Gasteiger partial charge in [-0.25, -0.2) is 9.78 Å². The molecule has 1 aromatic heterocycles. The van der Waals surface area contributed by atoms with E-state index in [1.54, 1.807) is 0 Å². The summed E-state index contributed by atoms with van der Waals surface area (Å²) in [5, 5.41) is 8.95. The Bertz CT molecular complexity index is 379. The van der Waals surface area contributed by atoms with Gasteiger partial charge in [-0.1, -0.05) is 6.92 Å². The van der Waals surface area contributed by atoms with Crippen molar-refractivity contribution in [3.63, 3.8) is 0 Å². The van der Waals surface area contributed by atoms with Crippen LogP contribution in [0.1, 0.15) is 47.8 Å². The molecule has 0 unspecified atom stereocenters. The predicted octanol–water partition coefficient (Wildman–Crippen LogP) is 1.83. The Balaban J connectivity index is 2.24. The summed E-state index contributed by atoms with van der Waals surface area (Å²) in [5.41, 5.74) is 0.536. The van der Waals surface area contributed by atoms with Gasteiger partial charge in [-0.2, -0.15) is 0 Å². The van der Waals surface area contributed by atoms with Crippen molar-refractivity contribution < 1.29 is 19.1 Å². The van der Waals surface area contributed by atoms with E-state index in [1.165, 1.54) is 0 Å². The lowest BCUT2D eigenvalue weighted by atomic mass is 10.0. The molecule has 0 aliphatic carbocycles. The van der Waals surface area contributed by atoms with E-state index in [2.05, 4.69) is 4.98 Å². The summed E-state index contributed by atoms with van der Waals surface area (Å²) in [6.07, 6.45) is 2.28. The molecular weight excluding hydrogens is 210 g/mol. The average Bonchev–Trinajstić information content (AvgIpc) is 2.74. The summed E-state index contributed by atoms with van der Waals surface area (Å²) >= 11 is 0. The monoisotopic (exact) mass is 225 g/mol. The minimum atomic E-state index is -1.04. The number of aromatic nitrogens is 1. The molecule has 0 radical (unpaired) electrons. The van der Waals surface area contributed by atoms with Crippen LogP contribution in [0.4, 0.5) is 0 Å². The first kappa shape index (κ1) is 11.1. The lowest BCUT2D eigenvalue weighted by molar-refractivity contribution is 0.0645. The quantitative estimate of drug-likeness (QED) is 0.849. The van der Waals surface area contributed by atoms with E-state index in [1.807, 2.05) is 6.92 Å². The number of hydrogen-bond donors (Lipinski definition) is 1. The number of aryl methyl sites for hydroxylation is 1. The van der Waals surface area contributed by atoms with Crippen LogP contribution in [0.15, 0.2) is 4.42 Å². The van der Waals surface area contributed by atoms with Gasteiger partial charge in [0.1, 0.15) is 0 Å². The summed E-state index contributed by atoms with van der Waals surface area (Å²) in [6.45, 7) is 3.26. The zero-order valence-corrected chi connectivity index (χ0v) is 9.23. The van der Waals surface area contributed by atoms with E-state index in [-0.39, 0.29) is 11.7 Å². The first-order valence-electron chi connectivity index (χ1n) is 5.53. The molecule has 0 atom stereocenters. The van der Waals surface area contributed by atoms with Crippen molar-refractivity contribution in [3.8, 4) is 0 Å². The second-order valence-electron chi connectivity index (χ2n) is 3.87. The standard InChI is InChI=1S/C11H15NO4/c1-2-8-9(11(13)14)16-10(12-8)7-3-5-15-6-4-7/h7H,2-6H2,1H3,(H,13,14). The van der Waals surface area contributed by atoms with Crippen LogP contribution in [-0.2, 0) is 11.2 Å². The highest BCUT2D eigenvalue weighted by molar-refractivity contribution is 5.85. The topological polar surface area (TPSA) is 72.6 Å². The Labute approximate surface area is 93.4 Å². The molecule has 1 aliphatic rings. The van der Waals surface area contributed by atoms with Gasteiger partial charge < -0.3 is 14.3 Å². The smallest absolute Gasteiger partial charge is 0.373 e. The Morgan fingerprint density at radius 3 is 2.69 bits per heavy atom. The van der Waals surface area contributed by atoms with Crippen molar-refractivity contribution in [2.24, 2.45) is 0 Å². The molecular formula is C11H15NO4. The van der Waals surface area contributed by atoms with Gasteiger partial charge in [-0.3, -0.25) is 0 Å². The minimum Gasteiger partial charge on any atom is -0.475 e. The van der Waals surface area contributed by atoms with Crippen molar-refractivity contribution in [1.82, 2.24) is 4.98 Å². The number of nitrogens with zero attached hydrogens (tertiary/aromatic N) is 1. The van der Waals surface area contributed by atoms with Gasteiger partial charge in [0.25, 0.3) is 0 Å². The maximum atomic E-state index is 10.9. The van der Waals surface area contributed by atoms with Crippen LogP contribution in [0.3, 0.4) is 0 Å². The maximum Gasteiger partial charge on any atom is 0.373 e. The minimum absolute atomic E-state index is 0.0102. The van der Waals surface area contributed by atoms with Gasteiger partial charge in [0.15, 0.2) is 5.89 Å². The molecule has 16 heavy (non-hydrogen) atoms. The SMILES string of the molecule is CCc1nc(C2CCOCC2)oc1C(=O)O. The van der Waals surface area contributed by atoms with E-state index in [9.17, 15) is 4.79 Å². The number of hydrogen-bond acceptors (Lipinski definition) is 4. The maximum absolute atomic E-state index is 10.9. The molecule has 1 fully saturated rings. The summed E-state index contributed by atoms with van der Waals surface area (Å²) in [7, 11) is 0. The predicted molar refractivity (Wildman–Crippen MR) is 55.6 cm³/mol. The molecule has 5 nitrogen and oxygen atoms in total. The number of oxazole rings is 1. The fourth-order valence-electron chi connectivity index (χ4n) is 1.90. The fraction of sp³-hybridized carbons (Fsp3) is 0.636. The zero-order valence-electron chi connectivity index (χ0n) is 9.23. The van der Waals surface area contributed by atoms with Crippen LogP contribution in [-0.4, -0.2) is 29.3 Å². The Hall–Kier alpha value is -1.36. The molecule has 2 rings (SSSR count). The number of carboxylic acids is 1. The van der Waals surface area contributed by atoms with E-state index in [0.717, 1.165) is 12.8 Å². The lowest BCUT2D eigenvalue weighted by Gasteiger charge is -2.18. The van der Waals surface area contributed by atoms with Gasteiger partial charge in [-0.15, -0.1) is 0 Å². The van der Waals surface area contributed by atoms with E-state index in [0.29, 0.717) is 31.2 Å². The fourth-order valence-corrected chi connectivity index (χ4v) is 1.90. The van der Waals surface area contributed by atoms with Crippen molar-refractivity contribution >= 4 is 5.97 Å². The first-order valence-corrected chi connectivity index (χ1v) is 5.53. The number of carboxylic acid groups (broad SMARTS) is 1. The number of ether oxygens (including phenoxy) is 1. The van der Waals surface area contributed by atoms with Gasteiger partial charge >= 0.3 is 5.97 Å². The third kappa shape index (κ3) is 2.09. The number of aromatic carboxylic acids is 1. The molecule has 1 aromatic rings. The van der Waals surface area contributed by atoms with E-state index < -0.39 is 5.97 Å². The number of rotatable bonds is 3. The highest BCUT2D eigenvalue weighted by Gasteiger charge is 2.25. The van der Waals surface area contributed by atoms with Gasteiger partial charge in [-0.05, 0) is 19.3 Å². The summed E-state index contributed by atoms with van der Waals surface area (Å²) in [4.78, 5) is 15.2. The molecule has 0 saturated carbocycles. The highest BCUT2D eigenvalue weighted by Crippen LogP contribution is 2.28. The van der Waals surface area contributed by atoms with Crippen LogP contribution in [0.25, 0.3) is 0 Å². The van der Waals surface area contributed by atoms with Gasteiger partial charge in [0.2, 0.25) is 5.76 Å². The molecule has 88 valence electrons. The molecule has 1 N–H and O–H groups in total. The third-order valence-corrected chi connectivity index (χ3v) is 2.81. The van der Waals surface area contributed by atoms with Crippen LogP contribution in [0.5, 0.6) is 0 Å². The molecule has 2 heterocycles. The van der Waals surface area contributed by atoms with Crippen molar-refractivity contribution in [3.05, 3.63) is 17.3 Å². The molecule has 5 heteroatoms. The zero-order chi connectivity index (χ0) is 11.5. The molecule has 0 spiro atoms.